The van der Waals surface area contributed by atoms with Gasteiger partial charge in [-0.05, 0) is 66.4 Å². The molecule has 0 atom stereocenters. The Morgan fingerprint density at radius 3 is 2.33 bits per heavy atom. The van der Waals surface area contributed by atoms with Gasteiger partial charge in [-0.25, -0.2) is 15.0 Å². The molecule has 4 aromatic heterocycles. The molecule has 1 saturated carbocycles. The van der Waals surface area contributed by atoms with Crippen LogP contribution < -0.4 is 35.4 Å². The molecule has 2 aliphatic rings. The van der Waals surface area contributed by atoms with E-state index in [1.54, 1.807) is 31.3 Å². The highest BCUT2D eigenvalue weighted by Gasteiger charge is 2.28. The van der Waals surface area contributed by atoms with Gasteiger partial charge in [0.1, 0.15) is 30.3 Å². The molecule has 16 heteroatoms. The van der Waals surface area contributed by atoms with E-state index in [2.05, 4.69) is 80.7 Å². The second-order valence-corrected chi connectivity index (χ2v) is 18.6. The monoisotopic (exact) mass is 822 g/mol. The molecule has 5 heterocycles. The van der Waals surface area contributed by atoms with Crippen LogP contribution in [0.2, 0.25) is 0 Å². The smallest absolute Gasteiger partial charge is 0.229 e. The molecule has 2 aromatic carbocycles. The predicted octanol–water partition coefficient (Wildman–Crippen LogP) is 6.99. The van der Waals surface area contributed by atoms with Crippen LogP contribution in [0.4, 0.5) is 40.5 Å². The number of hydrogen-bond acceptors (Lipinski definition) is 13. The third-order valence-corrected chi connectivity index (χ3v) is 12.1. The number of ether oxygens (including phenoxy) is 1. The van der Waals surface area contributed by atoms with Gasteiger partial charge in [-0.2, -0.15) is 10.1 Å². The van der Waals surface area contributed by atoms with E-state index in [1.807, 2.05) is 63.0 Å². The minimum Gasteiger partial charge on any atom is -0.494 e. The molecule has 0 spiro atoms. The standard InChI is InChI=1S/C39H44BrN12O2P/c1-49(2)35-21-42-36(22-41-35)52-15-13-51(14-16-52)33-18-34(54-4)32(17-27(33)25-19-44-50(3)23-25)47-39-43-20-28(40)38(48-39)46-31-12-11-30-26(37(31)55(5,6)53)9-10-29(45-30)24-7-8-24/h9-12,17-24H,7-8,13-16H2,1-6H3,(H2,43,46,47,48). The van der Waals surface area contributed by atoms with Crippen LogP contribution in [0.15, 0.2) is 71.9 Å². The number of pyridine rings is 1. The molecule has 0 radical (unpaired) electrons. The maximum Gasteiger partial charge on any atom is 0.229 e. The number of fused-ring (bicyclic) bond motifs is 1. The lowest BCUT2D eigenvalue weighted by Gasteiger charge is -2.37. The number of benzene rings is 2. The van der Waals surface area contributed by atoms with E-state index in [4.69, 9.17) is 14.7 Å². The van der Waals surface area contributed by atoms with Crippen LogP contribution in [0.3, 0.4) is 0 Å². The normalized spacial score (nSPS) is 14.7. The van der Waals surface area contributed by atoms with Gasteiger partial charge in [0.25, 0.3) is 0 Å². The van der Waals surface area contributed by atoms with Gasteiger partial charge in [0.2, 0.25) is 5.95 Å². The minimum atomic E-state index is -2.74. The Morgan fingerprint density at radius 2 is 1.67 bits per heavy atom. The average molecular weight is 824 g/mol. The summed E-state index contributed by atoms with van der Waals surface area (Å²) in [7, 11) is 4.75. The zero-order valence-electron chi connectivity index (χ0n) is 31.8. The summed E-state index contributed by atoms with van der Waals surface area (Å²) in [6.07, 6.45) is 11.6. The Bertz CT molecular complexity index is 2420. The molecule has 0 amide bonds. The van der Waals surface area contributed by atoms with Gasteiger partial charge in [0.05, 0.1) is 47.1 Å². The van der Waals surface area contributed by atoms with Crippen LogP contribution >= 0.6 is 23.1 Å². The lowest BCUT2D eigenvalue weighted by Crippen LogP contribution is -2.47. The van der Waals surface area contributed by atoms with Gasteiger partial charge in [0.15, 0.2) is 0 Å². The Labute approximate surface area is 328 Å². The number of nitrogens with zero attached hydrogens (tertiary/aromatic N) is 10. The number of piperazine rings is 1. The molecule has 284 valence electrons. The van der Waals surface area contributed by atoms with Gasteiger partial charge >= 0.3 is 0 Å². The molecule has 1 saturated heterocycles. The van der Waals surface area contributed by atoms with Crippen molar-refractivity contribution in [3.63, 3.8) is 0 Å². The van der Waals surface area contributed by atoms with E-state index in [0.29, 0.717) is 39.3 Å². The fraction of sp³-hybridized carbons (Fsp3) is 0.333. The number of anilines is 7. The number of methoxy groups -OCH3 is 1. The van der Waals surface area contributed by atoms with Gasteiger partial charge in [0, 0.05) is 105 Å². The van der Waals surface area contributed by atoms with Gasteiger partial charge < -0.3 is 34.6 Å². The Balaban J connectivity index is 1.08. The van der Waals surface area contributed by atoms with Crippen LogP contribution in [-0.4, -0.2) is 95.4 Å². The summed E-state index contributed by atoms with van der Waals surface area (Å²) in [5.41, 5.74) is 6.37. The summed E-state index contributed by atoms with van der Waals surface area (Å²) in [5.74, 6) is 3.75. The van der Waals surface area contributed by atoms with E-state index in [-0.39, 0.29) is 0 Å². The summed E-state index contributed by atoms with van der Waals surface area (Å²) in [5, 5.41) is 13.0. The first-order valence-electron chi connectivity index (χ1n) is 18.2. The van der Waals surface area contributed by atoms with Crippen LogP contribution in [0, 0.1) is 0 Å². The Hall–Kier alpha value is -5.27. The number of aryl methyl sites for hydroxylation is 1. The van der Waals surface area contributed by atoms with Gasteiger partial charge in [-0.15, -0.1) is 0 Å². The Kier molecular flexibility index (Phi) is 9.85. The van der Waals surface area contributed by atoms with E-state index in [0.717, 1.165) is 76.5 Å². The van der Waals surface area contributed by atoms with Crippen LogP contribution in [-0.2, 0) is 11.6 Å². The molecule has 0 bridgehead atoms. The fourth-order valence-electron chi connectivity index (χ4n) is 7.03. The van der Waals surface area contributed by atoms with Crippen molar-refractivity contribution in [1.82, 2.24) is 34.7 Å². The van der Waals surface area contributed by atoms with Crippen molar-refractivity contribution in [2.45, 2.75) is 18.8 Å². The van der Waals surface area contributed by atoms with Crippen molar-refractivity contribution in [2.75, 3.05) is 86.0 Å². The van der Waals surface area contributed by atoms with Crippen molar-refractivity contribution in [2.24, 2.45) is 7.05 Å². The second kappa shape index (κ2) is 14.8. The molecule has 2 N–H and O–H groups in total. The largest absolute Gasteiger partial charge is 0.494 e. The number of rotatable bonds is 11. The maximum absolute atomic E-state index is 13.8. The van der Waals surface area contributed by atoms with Crippen molar-refractivity contribution in [3.8, 4) is 16.9 Å². The number of aromatic nitrogens is 7. The summed E-state index contributed by atoms with van der Waals surface area (Å²) < 4.78 is 22.2. The molecule has 55 heavy (non-hydrogen) atoms. The molecular formula is C39H44BrN12O2P. The van der Waals surface area contributed by atoms with Crippen molar-refractivity contribution < 1.29 is 9.30 Å². The highest BCUT2D eigenvalue weighted by atomic mass is 79.9. The molecular weight excluding hydrogens is 779 g/mol. The second-order valence-electron chi connectivity index (χ2n) is 14.6. The number of nitrogens with one attached hydrogen (secondary N) is 2. The number of halogens is 1. The minimum absolute atomic E-state index is 0.359. The van der Waals surface area contributed by atoms with Crippen LogP contribution in [0.1, 0.15) is 24.5 Å². The molecule has 8 rings (SSSR count). The van der Waals surface area contributed by atoms with E-state index >= 15 is 0 Å². The molecule has 6 aromatic rings. The zero-order valence-corrected chi connectivity index (χ0v) is 34.3. The number of hydrogen-bond donors (Lipinski definition) is 2. The summed E-state index contributed by atoms with van der Waals surface area (Å²) in [6, 6.07) is 12.2. The fourth-order valence-corrected chi connectivity index (χ4v) is 8.80. The van der Waals surface area contributed by atoms with Crippen molar-refractivity contribution >= 4 is 79.7 Å². The first-order chi connectivity index (χ1) is 26.4. The van der Waals surface area contributed by atoms with Gasteiger partial charge in [-0.1, -0.05) is 6.07 Å². The zero-order chi connectivity index (χ0) is 38.4. The van der Waals surface area contributed by atoms with Crippen molar-refractivity contribution in [1.29, 1.82) is 0 Å². The molecule has 2 fully saturated rings. The summed E-state index contributed by atoms with van der Waals surface area (Å²) in [4.78, 5) is 30.2. The van der Waals surface area contributed by atoms with E-state index < -0.39 is 7.14 Å². The van der Waals surface area contributed by atoms with Crippen molar-refractivity contribution in [3.05, 3.63) is 77.5 Å². The maximum atomic E-state index is 13.8. The highest BCUT2D eigenvalue weighted by molar-refractivity contribution is 9.10. The lowest BCUT2D eigenvalue weighted by atomic mass is 10.0. The highest BCUT2D eigenvalue weighted by Crippen LogP contribution is 2.44. The molecule has 1 aliphatic carbocycles. The first-order valence-corrected chi connectivity index (χ1v) is 21.6. The van der Waals surface area contributed by atoms with Gasteiger partial charge in [-0.3, -0.25) is 9.67 Å². The third kappa shape index (κ3) is 7.68. The molecule has 0 unspecified atom stereocenters. The van der Waals surface area contributed by atoms with E-state index in [9.17, 15) is 4.57 Å². The van der Waals surface area contributed by atoms with E-state index in [1.165, 1.54) is 12.8 Å². The Morgan fingerprint density at radius 1 is 0.891 bits per heavy atom. The average Bonchev–Trinajstić information content (AvgIpc) is 3.94. The first kappa shape index (κ1) is 36.7. The van der Waals surface area contributed by atoms with Crippen LogP contribution in [0.25, 0.3) is 22.0 Å². The topological polar surface area (TPSA) is 142 Å². The lowest BCUT2D eigenvalue weighted by molar-refractivity contribution is 0.416. The quantitative estimate of drug-likeness (QED) is 0.130. The molecule has 1 aliphatic heterocycles. The predicted molar refractivity (Wildman–Crippen MR) is 225 cm³/mol. The van der Waals surface area contributed by atoms with Crippen LogP contribution in [0.5, 0.6) is 5.75 Å². The summed E-state index contributed by atoms with van der Waals surface area (Å²) >= 11 is 3.64. The molecule has 14 nitrogen and oxygen atoms in total. The SMILES string of the molecule is COc1cc(N2CCN(c3cnc(N(C)C)cn3)CC2)c(-c2cnn(C)c2)cc1Nc1ncc(Br)c(Nc2ccc3nc(C4CC4)ccc3c2P(C)(C)=O)n1. The summed E-state index contributed by atoms with van der Waals surface area (Å²) in [6.45, 7) is 6.71. The third-order valence-electron chi connectivity index (χ3n) is 10.0.